The van der Waals surface area contributed by atoms with Crippen LogP contribution in [0.3, 0.4) is 0 Å². The van der Waals surface area contributed by atoms with Gasteiger partial charge in [-0.3, -0.25) is 0 Å². The lowest BCUT2D eigenvalue weighted by Gasteiger charge is -1.81. The van der Waals surface area contributed by atoms with Crippen molar-refractivity contribution >= 4 is 27.3 Å². The van der Waals surface area contributed by atoms with E-state index in [-0.39, 0.29) is 0 Å². The van der Waals surface area contributed by atoms with Gasteiger partial charge in [-0.1, -0.05) is 0 Å². The Morgan fingerprint density at radius 3 is 2.91 bits per heavy atom. The maximum atomic E-state index is 4.17. The van der Waals surface area contributed by atoms with Crippen molar-refractivity contribution in [3.8, 4) is 11.4 Å². The van der Waals surface area contributed by atoms with E-state index in [1.165, 1.54) is 11.3 Å². The molecule has 0 aromatic carbocycles. The van der Waals surface area contributed by atoms with Gasteiger partial charge in [0.2, 0.25) is 0 Å². The van der Waals surface area contributed by atoms with Gasteiger partial charge in [-0.05, 0) is 15.9 Å². The van der Waals surface area contributed by atoms with Crippen LogP contribution in [0.1, 0.15) is 0 Å². The SMILES string of the molecule is Brc1nc(-c2cn[nH]n2)cs1. The van der Waals surface area contributed by atoms with Crippen molar-refractivity contribution in [1.82, 2.24) is 20.4 Å². The number of H-pyrrole nitrogens is 1. The van der Waals surface area contributed by atoms with E-state index in [1.54, 1.807) is 6.20 Å². The van der Waals surface area contributed by atoms with Crippen LogP contribution in [-0.2, 0) is 0 Å². The van der Waals surface area contributed by atoms with Crippen molar-refractivity contribution in [2.24, 2.45) is 0 Å². The summed E-state index contributed by atoms with van der Waals surface area (Å²) in [7, 11) is 0. The molecule has 2 aromatic heterocycles. The third-order valence-corrected chi connectivity index (χ3v) is 2.52. The third-order valence-electron chi connectivity index (χ3n) is 1.15. The zero-order valence-electron chi connectivity index (χ0n) is 5.28. The summed E-state index contributed by atoms with van der Waals surface area (Å²) in [4.78, 5) is 4.17. The number of nitrogens with zero attached hydrogens (tertiary/aromatic N) is 3. The van der Waals surface area contributed by atoms with Crippen LogP contribution in [-0.4, -0.2) is 20.4 Å². The van der Waals surface area contributed by atoms with Gasteiger partial charge in [0.25, 0.3) is 0 Å². The van der Waals surface area contributed by atoms with E-state index in [1.807, 2.05) is 5.38 Å². The standard InChI is InChI=1S/C5H3BrN4S/c6-5-8-4(2-11-5)3-1-7-10-9-3/h1-2H,(H,7,9,10). The minimum Gasteiger partial charge on any atom is -0.227 e. The summed E-state index contributed by atoms with van der Waals surface area (Å²) in [5.41, 5.74) is 1.61. The van der Waals surface area contributed by atoms with Gasteiger partial charge in [0, 0.05) is 5.38 Å². The van der Waals surface area contributed by atoms with Crippen molar-refractivity contribution in [1.29, 1.82) is 0 Å². The molecule has 2 heterocycles. The molecular formula is C5H3BrN4S. The third kappa shape index (κ3) is 1.31. The number of hydrogen-bond donors (Lipinski definition) is 1. The van der Waals surface area contributed by atoms with Crippen molar-refractivity contribution in [2.75, 3.05) is 0 Å². The molecule has 0 saturated heterocycles. The molecule has 6 heteroatoms. The van der Waals surface area contributed by atoms with E-state index in [0.29, 0.717) is 0 Å². The molecule has 0 radical (unpaired) electrons. The number of aromatic nitrogens is 4. The van der Waals surface area contributed by atoms with Crippen LogP contribution in [0.5, 0.6) is 0 Å². The van der Waals surface area contributed by atoms with Gasteiger partial charge in [0.15, 0.2) is 3.92 Å². The minimum atomic E-state index is 0.770. The second kappa shape index (κ2) is 2.71. The lowest BCUT2D eigenvalue weighted by molar-refractivity contribution is 0.941. The molecule has 1 N–H and O–H groups in total. The van der Waals surface area contributed by atoms with E-state index in [9.17, 15) is 0 Å². The second-order valence-electron chi connectivity index (χ2n) is 1.84. The molecule has 0 aliphatic heterocycles. The van der Waals surface area contributed by atoms with Gasteiger partial charge in [-0.15, -0.1) is 11.3 Å². The van der Waals surface area contributed by atoms with E-state index in [4.69, 9.17) is 0 Å². The first kappa shape index (κ1) is 6.93. The number of halogens is 1. The molecule has 0 aliphatic rings. The number of thiazole rings is 1. The van der Waals surface area contributed by atoms with Gasteiger partial charge in [0.1, 0.15) is 11.4 Å². The highest BCUT2D eigenvalue weighted by molar-refractivity contribution is 9.11. The molecule has 56 valence electrons. The van der Waals surface area contributed by atoms with Crippen LogP contribution in [0.4, 0.5) is 0 Å². The summed E-state index contributed by atoms with van der Waals surface area (Å²) in [6, 6.07) is 0. The second-order valence-corrected chi connectivity index (χ2v) is 3.98. The number of nitrogens with one attached hydrogen (secondary N) is 1. The normalized spacial score (nSPS) is 10.3. The Bertz CT molecular complexity index is 341. The van der Waals surface area contributed by atoms with Gasteiger partial charge < -0.3 is 0 Å². The van der Waals surface area contributed by atoms with Gasteiger partial charge in [-0.25, -0.2) is 4.98 Å². The monoisotopic (exact) mass is 230 g/mol. The van der Waals surface area contributed by atoms with Crippen molar-refractivity contribution in [3.05, 3.63) is 15.5 Å². The molecule has 0 amide bonds. The molecule has 4 nitrogen and oxygen atoms in total. The summed E-state index contributed by atoms with van der Waals surface area (Å²) in [6.45, 7) is 0. The van der Waals surface area contributed by atoms with Crippen LogP contribution >= 0.6 is 27.3 Å². The minimum absolute atomic E-state index is 0.770. The average Bonchev–Trinajstić information content (AvgIpc) is 2.55. The average molecular weight is 231 g/mol. The fourth-order valence-corrected chi connectivity index (χ4v) is 1.70. The molecule has 0 saturated carbocycles. The number of hydrogen-bond acceptors (Lipinski definition) is 4. The molecule has 11 heavy (non-hydrogen) atoms. The summed E-state index contributed by atoms with van der Waals surface area (Å²) < 4.78 is 0.857. The predicted molar refractivity (Wildman–Crippen MR) is 45.2 cm³/mol. The summed E-state index contributed by atoms with van der Waals surface area (Å²) in [5, 5.41) is 12.0. The van der Waals surface area contributed by atoms with Gasteiger partial charge >= 0.3 is 0 Å². The smallest absolute Gasteiger partial charge is 0.159 e. The molecular weight excluding hydrogens is 228 g/mol. The van der Waals surface area contributed by atoms with E-state index in [2.05, 4.69) is 36.3 Å². The van der Waals surface area contributed by atoms with Crippen LogP contribution in [0.15, 0.2) is 15.5 Å². The summed E-state index contributed by atoms with van der Waals surface area (Å²) in [6.07, 6.45) is 1.64. The summed E-state index contributed by atoms with van der Waals surface area (Å²) in [5.74, 6) is 0. The number of rotatable bonds is 1. The lowest BCUT2D eigenvalue weighted by atomic mass is 10.4. The highest BCUT2D eigenvalue weighted by Crippen LogP contribution is 2.22. The van der Waals surface area contributed by atoms with Crippen molar-refractivity contribution < 1.29 is 0 Å². The Kier molecular flexibility index (Phi) is 1.71. The Labute approximate surface area is 74.8 Å². The molecule has 0 atom stereocenters. The lowest BCUT2D eigenvalue weighted by Crippen LogP contribution is -1.75. The van der Waals surface area contributed by atoms with E-state index >= 15 is 0 Å². The largest absolute Gasteiger partial charge is 0.227 e. The Morgan fingerprint density at radius 2 is 2.36 bits per heavy atom. The molecule has 0 unspecified atom stereocenters. The maximum Gasteiger partial charge on any atom is 0.159 e. The highest BCUT2D eigenvalue weighted by Gasteiger charge is 2.03. The van der Waals surface area contributed by atoms with E-state index < -0.39 is 0 Å². The zero-order chi connectivity index (χ0) is 7.68. The number of aromatic amines is 1. The Balaban J connectivity index is 2.45. The van der Waals surface area contributed by atoms with E-state index in [0.717, 1.165) is 15.3 Å². The van der Waals surface area contributed by atoms with Crippen molar-refractivity contribution in [3.63, 3.8) is 0 Å². The molecule has 0 fully saturated rings. The molecule has 0 bridgehead atoms. The topological polar surface area (TPSA) is 54.5 Å². The van der Waals surface area contributed by atoms with Gasteiger partial charge in [-0.2, -0.15) is 15.4 Å². The van der Waals surface area contributed by atoms with Crippen LogP contribution in [0.2, 0.25) is 0 Å². The zero-order valence-corrected chi connectivity index (χ0v) is 7.69. The fourth-order valence-electron chi connectivity index (χ4n) is 0.695. The molecule has 0 spiro atoms. The van der Waals surface area contributed by atoms with Crippen LogP contribution in [0.25, 0.3) is 11.4 Å². The van der Waals surface area contributed by atoms with Gasteiger partial charge in [0.05, 0.1) is 6.20 Å². The maximum absolute atomic E-state index is 4.17. The molecule has 2 rings (SSSR count). The first-order chi connectivity index (χ1) is 5.36. The fraction of sp³-hybridized carbons (Fsp3) is 0. The molecule has 2 aromatic rings. The Morgan fingerprint density at radius 1 is 1.45 bits per heavy atom. The van der Waals surface area contributed by atoms with Crippen LogP contribution in [0, 0.1) is 0 Å². The first-order valence-electron chi connectivity index (χ1n) is 2.83. The molecule has 0 aliphatic carbocycles. The van der Waals surface area contributed by atoms with Crippen LogP contribution < -0.4 is 0 Å². The first-order valence-corrected chi connectivity index (χ1v) is 4.51. The predicted octanol–water partition coefficient (Wildman–Crippen LogP) is 1.69. The van der Waals surface area contributed by atoms with Crippen molar-refractivity contribution in [2.45, 2.75) is 0 Å². The Hall–Kier alpha value is -0.750. The quantitative estimate of drug-likeness (QED) is 0.812. The highest BCUT2D eigenvalue weighted by atomic mass is 79.9. The summed E-state index contributed by atoms with van der Waals surface area (Å²) >= 11 is 4.79.